The molecule has 1 N–H and O–H groups in total. The van der Waals surface area contributed by atoms with E-state index in [1.54, 1.807) is 0 Å². The lowest BCUT2D eigenvalue weighted by Crippen LogP contribution is -2.44. The third-order valence-electron chi connectivity index (χ3n) is 3.05. The number of hydrogen-bond acceptors (Lipinski definition) is 2. The quantitative estimate of drug-likeness (QED) is 0.888. The topological polar surface area (TPSA) is 15.3 Å². The molecule has 1 aromatic rings. The standard InChI is InChI=1S/C12H17BrN2.2ClH/c1-10(15-8-6-14-7-9-15)11-4-2-3-5-12(11)13;;/h2-5,10,14H,6-9H2,1H3;2*1H. The van der Waals surface area contributed by atoms with Crippen molar-refractivity contribution in [3.63, 3.8) is 0 Å². The summed E-state index contributed by atoms with van der Waals surface area (Å²) in [5, 5.41) is 3.38. The molecule has 17 heavy (non-hydrogen) atoms. The number of halogens is 3. The van der Waals surface area contributed by atoms with Crippen LogP contribution in [0.2, 0.25) is 0 Å². The van der Waals surface area contributed by atoms with Gasteiger partial charge in [0, 0.05) is 36.7 Å². The Hall–Kier alpha value is 0.200. The molecule has 1 heterocycles. The second-order valence-electron chi connectivity index (χ2n) is 3.98. The molecular formula is C12H19BrCl2N2. The summed E-state index contributed by atoms with van der Waals surface area (Å²) >= 11 is 3.62. The predicted molar refractivity (Wildman–Crippen MR) is 81.5 cm³/mol. The maximum absolute atomic E-state index is 3.62. The Morgan fingerprint density at radius 2 is 1.76 bits per heavy atom. The van der Waals surface area contributed by atoms with Crippen LogP contribution in [-0.4, -0.2) is 31.1 Å². The Bertz CT molecular complexity index is 330. The molecule has 98 valence electrons. The normalized spacial score (nSPS) is 17.8. The first-order chi connectivity index (χ1) is 7.29. The van der Waals surface area contributed by atoms with E-state index in [-0.39, 0.29) is 24.8 Å². The number of nitrogens with one attached hydrogen (secondary N) is 1. The van der Waals surface area contributed by atoms with Gasteiger partial charge in [-0.2, -0.15) is 0 Å². The number of piperazine rings is 1. The van der Waals surface area contributed by atoms with Crippen molar-refractivity contribution in [1.29, 1.82) is 0 Å². The Balaban J connectivity index is 0.00000128. The van der Waals surface area contributed by atoms with Crippen LogP contribution in [0.1, 0.15) is 18.5 Å². The van der Waals surface area contributed by atoms with Crippen LogP contribution in [-0.2, 0) is 0 Å². The van der Waals surface area contributed by atoms with Crippen molar-refractivity contribution in [2.45, 2.75) is 13.0 Å². The van der Waals surface area contributed by atoms with Crippen molar-refractivity contribution in [1.82, 2.24) is 10.2 Å². The first kappa shape index (κ1) is 17.2. The van der Waals surface area contributed by atoms with Crippen LogP contribution in [0.25, 0.3) is 0 Å². The van der Waals surface area contributed by atoms with Gasteiger partial charge in [-0.05, 0) is 18.6 Å². The number of nitrogens with zero attached hydrogens (tertiary/aromatic N) is 1. The summed E-state index contributed by atoms with van der Waals surface area (Å²) < 4.78 is 1.22. The van der Waals surface area contributed by atoms with E-state index in [0.717, 1.165) is 26.2 Å². The zero-order chi connectivity index (χ0) is 10.7. The minimum Gasteiger partial charge on any atom is -0.314 e. The summed E-state index contributed by atoms with van der Waals surface area (Å²) in [6, 6.07) is 9.00. The van der Waals surface area contributed by atoms with Gasteiger partial charge < -0.3 is 5.32 Å². The van der Waals surface area contributed by atoms with Crippen LogP contribution < -0.4 is 5.32 Å². The first-order valence-electron chi connectivity index (χ1n) is 5.48. The molecule has 1 aliphatic rings. The molecule has 1 saturated heterocycles. The van der Waals surface area contributed by atoms with Gasteiger partial charge in [-0.3, -0.25) is 4.90 Å². The molecule has 1 unspecified atom stereocenters. The maximum Gasteiger partial charge on any atom is 0.0332 e. The molecule has 0 amide bonds. The fourth-order valence-corrected chi connectivity index (χ4v) is 2.70. The number of rotatable bonds is 2. The third kappa shape index (κ3) is 4.42. The molecule has 0 radical (unpaired) electrons. The average Bonchev–Trinajstić information content (AvgIpc) is 2.30. The van der Waals surface area contributed by atoms with Crippen molar-refractivity contribution >= 4 is 40.7 Å². The van der Waals surface area contributed by atoms with E-state index in [1.165, 1.54) is 10.0 Å². The largest absolute Gasteiger partial charge is 0.314 e. The van der Waals surface area contributed by atoms with E-state index in [0.29, 0.717) is 6.04 Å². The minimum atomic E-state index is 0. The van der Waals surface area contributed by atoms with E-state index in [1.807, 2.05) is 0 Å². The van der Waals surface area contributed by atoms with Crippen LogP contribution in [0, 0.1) is 0 Å². The van der Waals surface area contributed by atoms with E-state index in [4.69, 9.17) is 0 Å². The van der Waals surface area contributed by atoms with Crippen LogP contribution in [0.15, 0.2) is 28.7 Å². The molecule has 1 aliphatic heterocycles. The summed E-state index contributed by atoms with van der Waals surface area (Å²) in [7, 11) is 0. The highest BCUT2D eigenvalue weighted by molar-refractivity contribution is 9.10. The van der Waals surface area contributed by atoms with Gasteiger partial charge in [-0.25, -0.2) is 0 Å². The molecule has 1 fully saturated rings. The molecule has 5 heteroatoms. The fourth-order valence-electron chi connectivity index (χ4n) is 2.08. The van der Waals surface area contributed by atoms with Gasteiger partial charge in [0.1, 0.15) is 0 Å². The summed E-state index contributed by atoms with van der Waals surface area (Å²) in [6.07, 6.45) is 0. The van der Waals surface area contributed by atoms with E-state index >= 15 is 0 Å². The summed E-state index contributed by atoms with van der Waals surface area (Å²) in [5.74, 6) is 0. The Morgan fingerprint density at radius 1 is 1.18 bits per heavy atom. The lowest BCUT2D eigenvalue weighted by molar-refractivity contribution is 0.185. The zero-order valence-corrected chi connectivity index (χ0v) is 13.1. The SMILES string of the molecule is CC(c1ccccc1Br)N1CCNCC1.Cl.Cl. The summed E-state index contributed by atoms with van der Waals surface area (Å²) in [5.41, 5.74) is 1.39. The van der Waals surface area contributed by atoms with Gasteiger partial charge >= 0.3 is 0 Å². The molecule has 0 aliphatic carbocycles. The van der Waals surface area contributed by atoms with Gasteiger partial charge in [0.25, 0.3) is 0 Å². The lowest BCUT2D eigenvalue weighted by Gasteiger charge is -2.33. The third-order valence-corrected chi connectivity index (χ3v) is 3.78. The van der Waals surface area contributed by atoms with Crippen LogP contribution in [0.5, 0.6) is 0 Å². The zero-order valence-electron chi connectivity index (χ0n) is 9.86. The van der Waals surface area contributed by atoms with Crippen molar-refractivity contribution in [3.05, 3.63) is 34.3 Å². The van der Waals surface area contributed by atoms with Gasteiger partial charge in [0.15, 0.2) is 0 Å². The second-order valence-corrected chi connectivity index (χ2v) is 4.84. The van der Waals surface area contributed by atoms with Crippen LogP contribution >= 0.6 is 40.7 Å². The van der Waals surface area contributed by atoms with E-state index < -0.39 is 0 Å². The average molecular weight is 342 g/mol. The molecule has 2 nitrogen and oxygen atoms in total. The molecule has 0 bridgehead atoms. The van der Waals surface area contributed by atoms with Crippen LogP contribution in [0.3, 0.4) is 0 Å². The van der Waals surface area contributed by atoms with Crippen molar-refractivity contribution in [3.8, 4) is 0 Å². The Morgan fingerprint density at radius 3 is 2.35 bits per heavy atom. The van der Waals surface area contributed by atoms with Gasteiger partial charge in [0.05, 0.1) is 0 Å². The highest BCUT2D eigenvalue weighted by atomic mass is 79.9. The Kier molecular flexibility index (Phi) is 8.43. The molecule has 0 aromatic heterocycles. The Labute approximate surface area is 124 Å². The first-order valence-corrected chi connectivity index (χ1v) is 6.27. The number of hydrogen-bond donors (Lipinski definition) is 1. The monoisotopic (exact) mass is 340 g/mol. The van der Waals surface area contributed by atoms with Crippen molar-refractivity contribution in [2.75, 3.05) is 26.2 Å². The van der Waals surface area contributed by atoms with E-state index in [9.17, 15) is 0 Å². The molecule has 0 spiro atoms. The van der Waals surface area contributed by atoms with E-state index in [2.05, 4.69) is 57.3 Å². The highest BCUT2D eigenvalue weighted by Gasteiger charge is 2.18. The summed E-state index contributed by atoms with van der Waals surface area (Å²) in [6.45, 7) is 6.78. The van der Waals surface area contributed by atoms with Crippen molar-refractivity contribution < 1.29 is 0 Å². The molecule has 1 atom stereocenters. The second kappa shape index (κ2) is 8.33. The fraction of sp³-hybridized carbons (Fsp3) is 0.500. The lowest BCUT2D eigenvalue weighted by atomic mass is 10.1. The smallest absolute Gasteiger partial charge is 0.0332 e. The predicted octanol–water partition coefficient (Wildman–Crippen LogP) is 3.26. The van der Waals surface area contributed by atoms with Crippen LogP contribution in [0.4, 0.5) is 0 Å². The minimum absolute atomic E-state index is 0. The molecule has 0 saturated carbocycles. The maximum atomic E-state index is 3.62. The van der Waals surface area contributed by atoms with Gasteiger partial charge in [0.2, 0.25) is 0 Å². The summed E-state index contributed by atoms with van der Waals surface area (Å²) in [4.78, 5) is 2.52. The highest BCUT2D eigenvalue weighted by Crippen LogP contribution is 2.27. The van der Waals surface area contributed by atoms with Gasteiger partial charge in [-0.15, -0.1) is 24.8 Å². The van der Waals surface area contributed by atoms with Gasteiger partial charge in [-0.1, -0.05) is 34.1 Å². The molecule has 1 aromatic carbocycles. The molecular weight excluding hydrogens is 323 g/mol. The number of benzene rings is 1. The van der Waals surface area contributed by atoms with Crippen molar-refractivity contribution in [2.24, 2.45) is 0 Å². The molecule has 2 rings (SSSR count).